The summed E-state index contributed by atoms with van der Waals surface area (Å²) >= 11 is 0. The summed E-state index contributed by atoms with van der Waals surface area (Å²) < 4.78 is 29.3. The number of furan rings is 1. The Bertz CT molecular complexity index is 1140. The number of nitrogens with one attached hydrogen (secondary N) is 2. The molecule has 3 aromatic rings. The van der Waals surface area contributed by atoms with Gasteiger partial charge in [0.25, 0.3) is 5.91 Å². The molecule has 0 radical (unpaired) electrons. The summed E-state index contributed by atoms with van der Waals surface area (Å²) in [6, 6.07) is 9.03. The highest BCUT2D eigenvalue weighted by atomic mass is 19.1. The van der Waals surface area contributed by atoms with E-state index in [9.17, 15) is 18.8 Å². The number of hydrogen-bond donors (Lipinski definition) is 2. The molecule has 156 valence electrons. The minimum Gasteiger partial charge on any atom is -0.495 e. The minimum atomic E-state index is -0.891. The van der Waals surface area contributed by atoms with Gasteiger partial charge in [0.2, 0.25) is 11.7 Å². The van der Waals surface area contributed by atoms with Crippen LogP contribution >= 0.6 is 0 Å². The smallest absolute Gasteiger partial charge is 0.375 e. The van der Waals surface area contributed by atoms with Crippen LogP contribution in [0.1, 0.15) is 23.0 Å². The van der Waals surface area contributed by atoms with Crippen LogP contribution in [0.25, 0.3) is 11.0 Å². The van der Waals surface area contributed by atoms with Gasteiger partial charge in [-0.2, -0.15) is 0 Å². The molecule has 0 unspecified atom stereocenters. The third kappa shape index (κ3) is 4.40. The van der Waals surface area contributed by atoms with Crippen molar-refractivity contribution >= 4 is 40.1 Å². The summed E-state index contributed by atoms with van der Waals surface area (Å²) in [5.74, 6) is -2.22. The lowest BCUT2D eigenvalue weighted by atomic mass is 10.1. The number of methoxy groups -OCH3 is 1. The van der Waals surface area contributed by atoms with Crippen molar-refractivity contribution in [3.8, 4) is 5.75 Å². The van der Waals surface area contributed by atoms with Gasteiger partial charge in [0.05, 0.1) is 12.8 Å². The van der Waals surface area contributed by atoms with Crippen molar-refractivity contribution in [2.24, 2.45) is 0 Å². The molecule has 0 aliphatic rings. The first-order valence-electron chi connectivity index (χ1n) is 8.90. The number of amides is 2. The average molecular weight is 414 g/mol. The molecule has 0 spiro atoms. The van der Waals surface area contributed by atoms with E-state index in [-0.39, 0.29) is 22.9 Å². The van der Waals surface area contributed by atoms with Crippen molar-refractivity contribution in [2.45, 2.75) is 13.8 Å². The van der Waals surface area contributed by atoms with Crippen LogP contribution in [-0.2, 0) is 14.3 Å². The Balaban J connectivity index is 1.69. The summed E-state index contributed by atoms with van der Waals surface area (Å²) in [6.07, 6.45) is 0. The number of para-hydroxylation sites is 1. The topological polar surface area (TPSA) is 107 Å². The molecule has 0 aliphatic carbocycles. The summed E-state index contributed by atoms with van der Waals surface area (Å²) in [5, 5.41) is 5.59. The molecular weight excluding hydrogens is 395 g/mol. The zero-order valence-electron chi connectivity index (χ0n) is 16.5. The van der Waals surface area contributed by atoms with E-state index < -0.39 is 24.3 Å². The van der Waals surface area contributed by atoms with Gasteiger partial charge < -0.3 is 24.5 Å². The first-order chi connectivity index (χ1) is 14.3. The fourth-order valence-electron chi connectivity index (χ4n) is 2.87. The second-order valence-electron chi connectivity index (χ2n) is 6.39. The van der Waals surface area contributed by atoms with E-state index in [0.717, 1.165) is 0 Å². The molecule has 30 heavy (non-hydrogen) atoms. The van der Waals surface area contributed by atoms with Crippen LogP contribution in [0.3, 0.4) is 0 Å². The molecule has 9 heteroatoms. The van der Waals surface area contributed by atoms with Crippen molar-refractivity contribution in [2.75, 3.05) is 24.4 Å². The first-order valence-corrected chi connectivity index (χ1v) is 8.90. The summed E-state index contributed by atoms with van der Waals surface area (Å²) in [5.41, 5.74) is 1.10. The van der Waals surface area contributed by atoms with Crippen molar-refractivity contribution in [3.63, 3.8) is 0 Å². The molecule has 1 aromatic heterocycles. The van der Waals surface area contributed by atoms with Crippen LogP contribution in [0.2, 0.25) is 0 Å². The lowest BCUT2D eigenvalue weighted by molar-refractivity contribution is -0.119. The quantitative estimate of drug-likeness (QED) is 0.597. The molecule has 1 heterocycles. The van der Waals surface area contributed by atoms with Crippen molar-refractivity contribution in [1.29, 1.82) is 0 Å². The fraction of sp³-hybridized carbons (Fsp3) is 0.190. The van der Waals surface area contributed by atoms with E-state index in [1.54, 1.807) is 25.1 Å². The maximum Gasteiger partial charge on any atom is 0.375 e. The van der Waals surface area contributed by atoms with E-state index in [0.29, 0.717) is 22.4 Å². The maximum absolute atomic E-state index is 13.8. The Kier molecular flexibility index (Phi) is 6.01. The third-order valence-corrected chi connectivity index (χ3v) is 4.23. The summed E-state index contributed by atoms with van der Waals surface area (Å²) in [7, 11) is 1.42. The lowest BCUT2D eigenvalue weighted by Crippen LogP contribution is -2.21. The van der Waals surface area contributed by atoms with Crippen LogP contribution in [0.5, 0.6) is 5.75 Å². The number of aryl methyl sites for hydroxylation is 1. The number of ether oxygens (including phenoxy) is 2. The van der Waals surface area contributed by atoms with Crippen molar-refractivity contribution in [3.05, 3.63) is 53.5 Å². The highest BCUT2D eigenvalue weighted by Gasteiger charge is 2.22. The van der Waals surface area contributed by atoms with Gasteiger partial charge in [-0.15, -0.1) is 0 Å². The highest BCUT2D eigenvalue weighted by molar-refractivity contribution is 5.99. The number of anilines is 2. The Morgan fingerprint density at radius 1 is 1.13 bits per heavy atom. The van der Waals surface area contributed by atoms with Crippen molar-refractivity contribution < 1.29 is 32.7 Å². The van der Waals surface area contributed by atoms with E-state index >= 15 is 0 Å². The van der Waals surface area contributed by atoms with Gasteiger partial charge in [0.1, 0.15) is 5.75 Å². The highest BCUT2D eigenvalue weighted by Crippen LogP contribution is 2.29. The van der Waals surface area contributed by atoms with Gasteiger partial charge in [-0.25, -0.2) is 9.18 Å². The normalized spacial score (nSPS) is 10.5. The SMILES string of the molecule is COc1ccc(NC(C)=O)cc1NC(=O)COC(=O)c1oc2c(F)cccc2c1C. The van der Waals surface area contributed by atoms with Gasteiger partial charge in [-0.1, -0.05) is 12.1 Å². The number of fused-ring (bicyclic) bond motifs is 1. The van der Waals surface area contributed by atoms with E-state index in [1.807, 2.05) is 0 Å². The van der Waals surface area contributed by atoms with Gasteiger partial charge >= 0.3 is 5.97 Å². The number of benzene rings is 2. The number of esters is 1. The standard InChI is InChI=1S/C21H19FN2O6/c1-11-14-5-4-6-15(22)20(14)30-19(11)21(27)29-10-18(26)24-16-9-13(23-12(2)25)7-8-17(16)28-3/h4-9H,10H2,1-3H3,(H,23,25)(H,24,26). The van der Waals surface area contributed by atoms with Gasteiger partial charge in [0, 0.05) is 23.6 Å². The average Bonchev–Trinajstić information content (AvgIpc) is 3.04. The fourth-order valence-corrected chi connectivity index (χ4v) is 2.87. The first kappa shape index (κ1) is 20.8. The molecule has 0 saturated heterocycles. The number of hydrogen-bond acceptors (Lipinski definition) is 6. The molecule has 2 amide bonds. The monoisotopic (exact) mass is 414 g/mol. The maximum atomic E-state index is 13.8. The molecule has 0 saturated carbocycles. The molecule has 3 rings (SSSR count). The van der Waals surface area contributed by atoms with E-state index in [2.05, 4.69) is 10.6 Å². The second-order valence-corrected chi connectivity index (χ2v) is 6.39. The Hall–Kier alpha value is -3.88. The predicted octanol–water partition coefficient (Wildman–Crippen LogP) is 3.64. The third-order valence-electron chi connectivity index (χ3n) is 4.23. The van der Waals surface area contributed by atoms with E-state index in [4.69, 9.17) is 13.9 Å². The van der Waals surface area contributed by atoms with Crippen LogP contribution in [0.4, 0.5) is 15.8 Å². The van der Waals surface area contributed by atoms with Gasteiger partial charge in [-0.3, -0.25) is 9.59 Å². The molecule has 0 atom stereocenters. The zero-order chi connectivity index (χ0) is 21.8. The van der Waals surface area contributed by atoms with Gasteiger partial charge in [-0.05, 0) is 31.2 Å². The number of halogens is 1. The van der Waals surface area contributed by atoms with Crippen molar-refractivity contribution in [1.82, 2.24) is 0 Å². The Morgan fingerprint density at radius 3 is 2.57 bits per heavy atom. The Morgan fingerprint density at radius 2 is 1.90 bits per heavy atom. The van der Waals surface area contributed by atoms with Crippen LogP contribution in [0, 0.1) is 12.7 Å². The van der Waals surface area contributed by atoms with E-state index in [1.165, 1.54) is 32.2 Å². The zero-order valence-corrected chi connectivity index (χ0v) is 16.5. The molecule has 8 nitrogen and oxygen atoms in total. The van der Waals surface area contributed by atoms with Gasteiger partial charge in [0.15, 0.2) is 18.0 Å². The lowest BCUT2D eigenvalue weighted by Gasteiger charge is -2.12. The molecule has 0 fully saturated rings. The molecule has 0 bridgehead atoms. The van der Waals surface area contributed by atoms with Crippen LogP contribution in [-0.4, -0.2) is 31.5 Å². The van der Waals surface area contributed by atoms with Crippen LogP contribution < -0.4 is 15.4 Å². The molecule has 0 aliphatic heterocycles. The number of rotatable bonds is 6. The molecular formula is C21H19FN2O6. The number of carbonyl (C=O) groups is 3. The molecule has 2 N–H and O–H groups in total. The largest absolute Gasteiger partial charge is 0.495 e. The predicted molar refractivity (Wildman–Crippen MR) is 107 cm³/mol. The summed E-state index contributed by atoms with van der Waals surface area (Å²) in [6.45, 7) is 2.35. The summed E-state index contributed by atoms with van der Waals surface area (Å²) in [4.78, 5) is 35.8. The second kappa shape index (κ2) is 8.64. The Labute approximate surface area is 170 Å². The minimum absolute atomic E-state index is 0.0501. The van der Waals surface area contributed by atoms with Crippen LogP contribution in [0.15, 0.2) is 40.8 Å². The molecule has 2 aromatic carbocycles. The number of carbonyl (C=O) groups excluding carboxylic acids is 3.